The number of fused-ring (bicyclic) bond motifs is 1. The zero-order chi connectivity index (χ0) is 34.1. The van der Waals surface area contributed by atoms with Crippen molar-refractivity contribution in [2.75, 3.05) is 11.6 Å². The van der Waals surface area contributed by atoms with E-state index in [-0.39, 0.29) is 17.4 Å². The maximum Gasteiger partial charge on any atom is 0.433 e. The summed E-state index contributed by atoms with van der Waals surface area (Å²) in [7, 11) is -3.51. The largest absolute Gasteiger partial charge is 0.444 e. The number of alkyl halides is 3. The standard InChI is InChI=1S/C33H38F3N5O5S/c1-32(2,3)46-31(43)41-19-23-15-25(47(4,44)45)11-12-26(23)28(41)30(42)40-24-17-38-29(39-18-24)22(14-20-8-9-20)7-5-6-21-10-13-27(37-16-21)33(34,35)36/h10-13,15-18,20,22,28H,5-9,14,19H2,1-4H3,(H,40,42)/t22?,28-/m1/s1. The molecule has 0 radical (unpaired) electrons. The predicted molar refractivity (Wildman–Crippen MR) is 167 cm³/mol. The number of anilines is 1. The Morgan fingerprint density at radius 2 is 1.74 bits per heavy atom. The number of benzene rings is 1. The van der Waals surface area contributed by atoms with Crippen LogP contribution in [0.1, 0.15) is 93.0 Å². The molecule has 5 rings (SSSR count). The van der Waals surface area contributed by atoms with Gasteiger partial charge in [0.05, 0.1) is 29.5 Å². The number of halogens is 3. The van der Waals surface area contributed by atoms with Gasteiger partial charge in [-0.3, -0.25) is 14.7 Å². The fourth-order valence-electron chi connectivity index (χ4n) is 5.66. The third kappa shape index (κ3) is 8.85. The number of pyridine rings is 1. The maximum atomic E-state index is 13.7. The minimum absolute atomic E-state index is 0.00743. The van der Waals surface area contributed by atoms with Gasteiger partial charge in [-0.1, -0.05) is 25.0 Å². The van der Waals surface area contributed by atoms with Crippen LogP contribution in [-0.4, -0.2) is 52.1 Å². The van der Waals surface area contributed by atoms with E-state index in [9.17, 15) is 31.2 Å². The van der Waals surface area contributed by atoms with E-state index < -0.39 is 45.4 Å². The smallest absolute Gasteiger partial charge is 0.433 e. The molecule has 2 atom stereocenters. The Morgan fingerprint density at radius 3 is 2.32 bits per heavy atom. The van der Waals surface area contributed by atoms with Gasteiger partial charge in [0, 0.05) is 18.4 Å². The third-order valence-electron chi connectivity index (χ3n) is 8.12. The summed E-state index contributed by atoms with van der Waals surface area (Å²) in [5.41, 5.74) is 0.338. The summed E-state index contributed by atoms with van der Waals surface area (Å²) >= 11 is 0. The quantitative estimate of drug-likeness (QED) is 0.254. The first-order valence-electron chi connectivity index (χ1n) is 15.5. The molecule has 2 aromatic heterocycles. The van der Waals surface area contributed by atoms with Crippen LogP contribution in [0.15, 0.2) is 53.8 Å². The number of amides is 2. The van der Waals surface area contributed by atoms with Crippen molar-refractivity contribution in [2.24, 2.45) is 5.92 Å². The lowest BCUT2D eigenvalue weighted by Crippen LogP contribution is -2.40. The summed E-state index contributed by atoms with van der Waals surface area (Å²) in [5.74, 6) is 0.719. The van der Waals surface area contributed by atoms with Crippen molar-refractivity contribution in [3.8, 4) is 0 Å². The van der Waals surface area contributed by atoms with Crippen molar-refractivity contribution < 1.29 is 35.9 Å². The summed E-state index contributed by atoms with van der Waals surface area (Å²) in [6, 6.07) is 5.81. The Hall–Kier alpha value is -4.07. The number of ether oxygens (including phenoxy) is 1. The lowest BCUT2D eigenvalue weighted by molar-refractivity contribution is -0.141. The molecular formula is C33H38F3N5O5S. The average molecular weight is 674 g/mol. The van der Waals surface area contributed by atoms with Gasteiger partial charge in [0.25, 0.3) is 5.91 Å². The molecule has 1 N–H and O–H groups in total. The van der Waals surface area contributed by atoms with E-state index in [0.29, 0.717) is 35.0 Å². The van der Waals surface area contributed by atoms with Crippen molar-refractivity contribution in [2.45, 2.75) is 94.5 Å². The molecule has 1 unspecified atom stereocenters. The van der Waals surface area contributed by atoms with Gasteiger partial charge in [-0.2, -0.15) is 13.2 Å². The number of aromatic nitrogens is 3. The molecule has 47 heavy (non-hydrogen) atoms. The first-order valence-corrected chi connectivity index (χ1v) is 17.3. The Kier molecular flexibility index (Phi) is 9.63. The second kappa shape index (κ2) is 13.2. The zero-order valence-corrected chi connectivity index (χ0v) is 27.5. The number of carbonyl (C=O) groups is 2. The number of aryl methyl sites for hydroxylation is 1. The van der Waals surface area contributed by atoms with E-state index >= 15 is 0 Å². The van der Waals surface area contributed by atoms with E-state index in [1.54, 1.807) is 26.8 Å². The lowest BCUT2D eigenvalue weighted by atomic mass is 9.94. The van der Waals surface area contributed by atoms with Crippen LogP contribution < -0.4 is 5.32 Å². The summed E-state index contributed by atoms with van der Waals surface area (Å²) in [6.07, 6.45) is 5.40. The monoisotopic (exact) mass is 673 g/mol. The highest BCUT2D eigenvalue weighted by Gasteiger charge is 2.41. The van der Waals surface area contributed by atoms with E-state index in [0.717, 1.165) is 50.0 Å². The van der Waals surface area contributed by atoms with Crippen LogP contribution in [0.5, 0.6) is 0 Å². The molecule has 0 bridgehead atoms. The molecule has 3 heterocycles. The minimum Gasteiger partial charge on any atom is -0.444 e. The normalized spacial score (nSPS) is 17.3. The van der Waals surface area contributed by atoms with Crippen LogP contribution in [0, 0.1) is 5.92 Å². The van der Waals surface area contributed by atoms with Gasteiger partial charge < -0.3 is 10.1 Å². The second-order valence-electron chi connectivity index (χ2n) is 13.3. The molecule has 0 spiro atoms. The molecule has 1 saturated carbocycles. The van der Waals surface area contributed by atoms with Crippen LogP contribution >= 0.6 is 0 Å². The number of rotatable bonds is 10. The van der Waals surface area contributed by atoms with E-state index in [1.807, 2.05) is 0 Å². The minimum atomic E-state index is -4.47. The van der Waals surface area contributed by atoms with Gasteiger partial charge in [0.15, 0.2) is 9.84 Å². The fourth-order valence-corrected chi connectivity index (χ4v) is 6.33. The number of hydrogen-bond acceptors (Lipinski definition) is 8. The molecule has 1 aliphatic heterocycles. The van der Waals surface area contributed by atoms with Crippen LogP contribution in [0.4, 0.5) is 23.7 Å². The Morgan fingerprint density at radius 1 is 1.04 bits per heavy atom. The number of carbonyl (C=O) groups excluding carboxylic acids is 2. The summed E-state index contributed by atoms with van der Waals surface area (Å²) in [5, 5.41) is 2.80. The van der Waals surface area contributed by atoms with Crippen LogP contribution in [0.3, 0.4) is 0 Å². The SMILES string of the molecule is CC(C)(C)OC(=O)N1Cc2cc(S(C)(=O)=O)ccc2[C@@H]1C(=O)Nc1cnc(C(CCCc2ccc(C(F)(F)F)nc2)CC2CC2)nc1. The predicted octanol–water partition coefficient (Wildman–Crippen LogP) is 6.63. The molecule has 14 heteroatoms. The van der Waals surface area contributed by atoms with Gasteiger partial charge >= 0.3 is 12.3 Å². The van der Waals surface area contributed by atoms with Crippen LogP contribution in [0.2, 0.25) is 0 Å². The maximum absolute atomic E-state index is 13.7. The molecule has 1 fully saturated rings. The highest BCUT2D eigenvalue weighted by atomic mass is 32.2. The molecule has 1 aliphatic carbocycles. The van der Waals surface area contributed by atoms with Crippen molar-refractivity contribution >= 4 is 27.5 Å². The summed E-state index contributed by atoms with van der Waals surface area (Å²) in [4.78, 5) is 40.8. The van der Waals surface area contributed by atoms with Crippen molar-refractivity contribution in [1.29, 1.82) is 0 Å². The summed E-state index contributed by atoms with van der Waals surface area (Å²) < 4.78 is 68.4. The topological polar surface area (TPSA) is 131 Å². The van der Waals surface area contributed by atoms with Crippen molar-refractivity contribution in [1.82, 2.24) is 19.9 Å². The molecule has 10 nitrogen and oxygen atoms in total. The molecule has 2 amide bonds. The van der Waals surface area contributed by atoms with E-state index in [4.69, 9.17) is 4.74 Å². The fraction of sp³-hybridized carbons (Fsp3) is 0.485. The second-order valence-corrected chi connectivity index (χ2v) is 15.3. The van der Waals surface area contributed by atoms with Crippen LogP contribution in [-0.2, 0) is 38.5 Å². The van der Waals surface area contributed by atoms with Crippen molar-refractivity contribution in [3.05, 3.63) is 77.1 Å². The highest BCUT2D eigenvalue weighted by molar-refractivity contribution is 7.90. The van der Waals surface area contributed by atoms with E-state index in [1.165, 1.54) is 41.7 Å². The number of nitrogens with one attached hydrogen (secondary N) is 1. The highest BCUT2D eigenvalue weighted by Crippen LogP contribution is 2.40. The Balaban J connectivity index is 1.28. The number of hydrogen-bond donors (Lipinski definition) is 1. The average Bonchev–Trinajstić information content (AvgIpc) is 3.71. The van der Waals surface area contributed by atoms with Crippen LogP contribution in [0.25, 0.3) is 0 Å². The van der Waals surface area contributed by atoms with Gasteiger partial charge in [0.2, 0.25) is 0 Å². The molecular weight excluding hydrogens is 635 g/mol. The first-order chi connectivity index (χ1) is 22.0. The molecule has 3 aromatic rings. The van der Waals surface area contributed by atoms with Gasteiger partial charge in [0.1, 0.15) is 23.2 Å². The Bertz CT molecular complexity index is 1720. The number of sulfone groups is 1. The van der Waals surface area contributed by atoms with Gasteiger partial charge in [-0.05, 0) is 87.3 Å². The zero-order valence-electron chi connectivity index (χ0n) is 26.7. The molecule has 1 aromatic carbocycles. The lowest BCUT2D eigenvalue weighted by Gasteiger charge is -2.28. The molecule has 0 saturated heterocycles. The third-order valence-corrected chi connectivity index (χ3v) is 9.23. The molecule has 252 valence electrons. The Labute approximate surface area is 272 Å². The van der Waals surface area contributed by atoms with Gasteiger partial charge in [-0.15, -0.1) is 0 Å². The van der Waals surface area contributed by atoms with E-state index in [2.05, 4.69) is 20.3 Å². The first kappa shape index (κ1) is 34.3. The van der Waals surface area contributed by atoms with Crippen molar-refractivity contribution in [3.63, 3.8) is 0 Å². The summed E-state index contributed by atoms with van der Waals surface area (Å²) in [6.45, 7) is 5.14. The molecule has 2 aliphatic rings. The van der Waals surface area contributed by atoms with Gasteiger partial charge in [-0.25, -0.2) is 23.2 Å². The number of nitrogens with zero attached hydrogens (tertiary/aromatic N) is 4.